The highest BCUT2D eigenvalue weighted by atomic mass is 32.2. The number of carbonyl (C=O) groups is 4. The minimum absolute atomic E-state index is 0.0605. The molecule has 1 heterocycles. The van der Waals surface area contributed by atoms with Gasteiger partial charge in [0.15, 0.2) is 0 Å². The fraction of sp³-hybridized carbons (Fsp3) is 0.429. The van der Waals surface area contributed by atoms with Gasteiger partial charge < -0.3 is 19.1 Å². The molecule has 0 saturated carbocycles. The van der Waals surface area contributed by atoms with Crippen molar-refractivity contribution < 1.29 is 33.4 Å². The van der Waals surface area contributed by atoms with Gasteiger partial charge in [-0.05, 0) is 45.9 Å². The maximum Gasteiger partial charge on any atom is 0.412 e. The molecule has 10 heteroatoms. The second-order valence-corrected chi connectivity index (χ2v) is 8.41. The molecular weight excluding hydrogens is 424 g/mol. The summed E-state index contributed by atoms with van der Waals surface area (Å²) >= 11 is 1.22. The maximum absolute atomic E-state index is 12.3. The molecule has 0 radical (unpaired) electrons. The Morgan fingerprint density at radius 2 is 1.97 bits per heavy atom. The topological polar surface area (TPSA) is 111 Å². The molecule has 0 unspecified atom stereocenters. The summed E-state index contributed by atoms with van der Waals surface area (Å²) in [4.78, 5) is 49.3. The molecule has 0 aromatic heterocycles. The fourth-order valence-electron chi connectivity index (χ4n) is 2.51. The van der Waals surface area contributed by atoms with E-state index >= 15 is 0 Å². The first-order valence-corrected chi connectivity index (χ1v) is 10.7. The number of anilines is 1. The van der Waals surface area contributed by atoms with Crippen LogP contribution in [0, 0.1) is 0 Å². The molecule has 1 aliphatic rings. The number of nitrogens with one attached hydrogen (secondary N) is 1. The van der Waals surface area contributed by atoms with E-state index in [-0.39, 0.29) is 37.0 Å². The minimum Gasteiger partial charge on any atom is -0.463 e. The van der Waals surface area contributed by atoms with Crippen molar-refractivity contribution in [2.45, 2.75) is 33.3 Å². The summed E-state index contributed by atoms with van der Waals surface area (Å²) in [5, 5.41) is 3.02. The Morgan fingerprint density at radius 1 is 1.23 bits per heavy atom. The van der Waals surface area contributed by atoms with Crippen LogP contribution in [0.4, 0.5) is 10.5 Å². The number of benzene rings is 1. The number of amides is 2. The molecule has 1 aliphatic heterocycles. The lowest BCUT2D eigenvalue weighted by Crippen LogP contribution is -2.29. The average Bonchev–Trinajstić information content (AvgIpc) is 3.00. The summed E-state index contributed by atoms with van der Waals surface area (Å²) in [5.41, 5.74) is -0.0283. The van der Waals surface area contributed by atoms with Crippen LogP contribution in [-0.4, -0.2) is 60.0 Å². The zero-order valence-electron chi connectivity index (χ0n) is 17.9. The van der Waals surface area contributed by atoms with Crippen LogP contribution in [0.2, 0.25) is 0 Å². The molecule has 1 saturated heterocycles. The van der Waals surface area contributed by atoms with Crippen LogP contribution in [0.25, 0.3) is 0 Å². The Labute approximate surface area is 185 Å². The van der Waals surface area contributed by atoms with E-state index in [1.807, 2.05) is 0 Å². The standard InChI is InChI=1S/C21H26N2O7S/c1-5-28-18(25)12-17-23(16(24)13-31-17)9-10-29-19(26)14-7-6-8-15(11-14)22-20(27)30-21(2,3)4/h6-8,11-12H,5,9-10,13H2,1-4H3,(H,22,27)/b17-12+. The van der Waals surface area contributed by atoms with Gasteiger partial charge in [-0.25, -0.2) is 14.4 Å². The second-order valence-electron chi connectivity index (χ2n) is 7.41. The van der Waals surface area contributed by atoms with E-state index in [9.17, 15) is 19.2 Å². The quantitative estimate of drug-likeness (QED) is 0.383. The fourth-order valence-corrected chi connectivity index (χ4v) is 3.47. The molecule has 1 N–H and O–H groups in total. The van der Waals surface area contributed by atoms with Crippen LogP contribution in [-0.2, 0) is 23.8 Å². The summed E-state index contributed by atoms with van der Waals surface area (Å²) in [7, 11) is 0. The zero-order valence-corrected chi connectivity index (χ0v) is 18.7. The Balaban J connectivity index is 1.91. The first-order valence-electron chi connectivity index (χ1n) is 9.68. The third-order valence-electron chi connectivity index (χ3n) is 3.73. The smallest absolute Gasteiger partial charge is 0.412 e. The molecule has 0 atom stereocenters. The summed E-state index contributed by atoms with van der Waals surface area (Å²) in [6, 6.07) is 6.23. The van der Waals surface area contributed by atoms with Gasteiger partial charge in [-0.1, -0.05) is 17.8 Å². The van der Waals surface area contributed by atoms with Crippen LogP contribution >= 0.6 is 11.8 Å². The summed E-state index contributed by atoms with van der Waals surface area (Å²) in [6.07, 6.45) is 0.621. The number of hydrogen-bond donors (Lipinski definition) is 1. The maximum atomic E-state index is 12.3. The Bertz CT molecular complexity index is 877. The molecule has 1 aromatic rings. The van der Waals surface area contributed by atoms with Crippen LogP contribution in [0.1, 0.15) is 38.1 Å². The normalized spacial score (nSPS) is 15.0. The van der Waals surface area contributed by atoms with E-state index in [0.29, 0.717) is 10.7 Å². The van der Waals surface area contributed by atoms with E-state index in [1.54, 1.807) is 45.9 Å². The van der Waals surface area contributed by atoms with Gasteiger partial charge in [-0.15, -0.1) is 0 Å². The first-order chi connectivity index (χ1) is 14.6. The van der Waals surface area contributed by atoms with Gasteiger partial charge in [0, 0.05) is 5.69 Å². The molecule has 31 heavy (non-hydrogen) atoms. The monoisotopic (exact) mass is 450 g/mol. The zero-order chi connectivity index (χ0) is 23.0. The number of rotatable bonds is 7. The molecule has 1 aromatic carbocycles. The van der Waals surface area contributed by atoms with E-state index in [0.717, 1.165) is 0 Å². The van der Waals surface area contributed by atoms with Crippen molar-refractivity contribution in [2.24, 2.45) is 0 Å². The van der Waals surface area contributed by atoms with Crippen molar-refractivity contribution in [2.75, 3.05) is 30.8 Å². The minimum atomic E-state index is -0.646. The van der Waals surface area contributed by atoms with Crippen molar-refractivity contribution >= 4 is 41.4 Å². The lowest BCUT2D eigenvalue weighted by atomic mass is 10.2. The number of nitrogens with zero attached hydrogens (tertiary/aromatic N) is 1. The second kappa shape index (κ2) is 10.9. The third-order valence-corrected chi connectivity index (χ3v) is 4.76. The summed E-state index contributed by atoms with van der Waals surface area (Å²) < 4.78 is 15.3. The number of ether oxygens (including phenoxy) is 3. The lowest BCUT2D eigenvalue weighted by Gasteiger charge is -2.19. The van der Waals surface area contributed by atoms with E-state index in [4.69, 9.17) is 14.2 Å². The first kappa shape index (κ1) is 24.3. The molecule has 2 rings (SSSR count). The largest absolute Gasteiger partial charge is 0.463 e. The average molecular weight is 451 g/mol. The Hall–Kier alpha value is -3.01. The lowest BCUT2D eigenvalue weighted by molar-refractivity contribution is -0.137. The highest BCUT2D eigenvalue weighted by molar-refractivity contribution is 8.04. The van der Waals surface area contributed by atoms with Crippen molar-refractivity contribution in [1.82, 2.24) is 4.90 Å². The van der Waals surface area contributed by atoms with Gasteiger partial charge in [0.05, 0.1) is 35.6 Å². The van der Waals surface area contributed by atoms with Crippen molar-refractivity contribution in [1.29, 1.82) is 0 Å². The van der Waals surface area contributed by atoms with Crippen molar-refractivity contribution in [3.05, 3.63) is 40.9 Å². The molecular formula is C21H26N2O7S. The highest BCUT2D eigenvalue weighted by Gasteiger charge is 2.27. The van der Waals surface area contributed by atoms with Gasteiger partial charge in [0.1, 0.15) is 12.2 Å². The summed E-state index contributed by atoms with van der Waals surface area (Å²) in [6.45, 7) is 7.22. The van der Waals surface area contributed by atoms with Gasteiger partial charge in [0.25, 0.3) is 0 Å². The Kier molecular flexibility index (Phi) is 8.49. The number of thioether (sulfide) groups is 1. The van der Waals surface area contributed by atoms with Crippen molar-refractivity contribution in [3.8, 4) is 0 Å². The summed E-state index contributed by atoms with van der Waals surface area (Å²) in [5.74, 6) is -1.11. The van der Waals surface area contributed by atoms with Crippen molar-refractivity contribution in [3.63, 3.8) is 0 Å². The van der Waals surface area contributed by atoms with E-state index < -0.39 is 23.6 Å². The van der Waals surface area contributed by atoms with Crippen LogP contribution < -0.4 is 5.32 Å². The number of carbonyl (C=O) groups excluding carboxylic acids is 4. The SMILES string of the molecule is CCOC(=O)/C=C1/SCC(=O)N1CCOC(=O)c1cccc(NC(=O)OC(C)(C)C)c1. The van der Waals surface area contributed by atoms with E-state index in [2.05, 4.69) is 5.32 Å². The molecule has 9 nitrogen and oxygen atoms in total. The molecule has 168 valence electrons. The Morgan fingerprint density at radius 3 is 2.65 bits per heavy atom. The van der Waals surface area contributed by atoms with Gasteiger partial charge in [-0.3, -0.25) is 10.1 Å². The number of hydrogen-bond acceptors (Lipinski definition) is 8. The molecule has 0 bridgehead atoms. The van der Waals surface area contributed by atoms with Crippen LogP contribution in [0.5, 0.6) is 0 Å². The number of esters is 2. The highest BCUT2D eigenvalue weighted by Crippen LogP contribution is 2.28. The molecule has 0 spiro atoms. The van der Waals surface area contributed by atoms with Crippen LogP contribution in [0.3, 0.4) is 0 Å². The van der Waals surface area contributed by atoms with Gasteiger partial charge in [0.2, 0.25) is 5.91 Å². The predicted octanol–water partition coefficient (Wildman–Crippen LogP) is 3.17. The molecule has 1 fully saturated rings. The van der Waals surface area contributed by atoms with Gasteiger partial charge in [-0.2, -0.15) is 0 Å². The molecule has 2 amide bonds. The van der Waals surface area contributed by atoms with E-state index in [1.165, 1.54) is 28.8 Å². The van der Waals surface area contributed by atoms with Crippen LogP contribution in [0.15, 0.2) is 35.4 Å². The molecule has 0 aliphatic carbocycles. The predicted molar refractivity (Wildman–Crippen MR) is 115 cm³/mol. The van der Waals surface area contributed by atoms with Gasteiger partial charge >= 0.3 is 18.0 Å². The third kappa shape index (κ3) is 7.97.